The molecule has 48 heavy (non-hydrogen) atoms. The summed E-state index contributed by atoms with van der Waals surface area (Å²) in [5.41, 5.74) is 9.29. The Morgan fingerprint density at radius 2 is 1.54 bits per heavy atom. The van der Waals surface area contributed by atoms with Crippen LogP contribution in [0.4, 0.5) is 0 Å². The molecule has 0 spiro atoms. The average Bonchev–Trinajstić information content (AvgIpc) is 3.76. The molecular weight excluding hydrogens is 767 g/mol. The standard InChI is InChI=1S/C30H23N2O.C13H12N.Ir/c1-20(2)23-14-17-29-25(18-23)26(19-33-29)30-31-27-10-6-7-11-28(27)32(30)24-15-12-22(13-16-24)21-8-4-3-5-9-21;1-10-3-6-12(7-4-10)13-8-5-11(2)9-14-13;/h3-18,20H,1-2H3;3-6,8-9H,1-2H3;/q2*-1;/i20D;1D3,2D3;. The van der Waals surface area contributed by atoms with E-state index in [9.17, 15) is 0 Å². The Morgan fingerprint density at radius 3 is 2.25 bits per heavy atom. The molecule has 0 aliphatic rings. The van der Waals surface area contributed by atoms with E-state index >= 15 is 0 Å². The number of fused-ring (bicyclic) bond motifs is 2. The molecule has 0 bridgehead atoms. The minimum atomic E-state index is -2.18. The molecule has 5 aromatic carbocycles. The van der Waals surface area contributed by atoms with Crippen LogP contribution in [0.25, 0.3) is 61.5 Å². The van der Waals surface area contributed by atoms with E-state index in [0.717, 1.165) is 50.2 Å². The number of imidazole rings is 1. The molecule has 4 nitrogen and oxygen atoms in total. The molecule has 8 rings (SSSR count). The van der Waals surface area contributed by atoms with Crippen molar-refractivity contribution in [2.45, 2.75) is 33.4 Å². The topological polar surface area (TPSA) is 43.9 Å². The minimum Gasteiger partial charge on any atom is -0.557 e. The van der Waals surface area contributed by atoms with E-state index < -0.39 is 19.6 Å². The van der Waals surface area contributed by atoms with Gasteiger partial charge in [-0.1, -0.05) is 122 Å². The molecule has 3 aromatic heterocycles. The van der Waals surface area contributed by atoms with Gasteiger partial charge in [0.1, 0.15) is 0 Å². The van der Waals surface area contributed by atoms with Crippen molar-refractivity contribution < 1.29 is 34.1 Å². The number of furan rings is 1. The summed E-state index contributed by atoms with van der Waals surface area (Å²) in [6, 6.07) is 43.4. The first-order chi connectivity index (χ1) is 25.7. The predicted octanol–water partition coefficient (Wildman–Crippen LogP) is 11.2. The summed E-state index contributed by atoms with van der Waals surface area (Å²) in [6.45, 7) is -0.559. The number of para-hydroxylation sites is 2. The summed E-state index contributed by atoms with van der Waals surface area (Å²) in [6.07, 6.45) is 4.40. The number of rotatable bonds is 5. The molecule has 0 saturated carbocycles. The molecule has 0 aliphatic heterocycles. The normalized spacial score (nSPS) is 13.8. The van der Waals surface area contributed by atoms with E-state index in [1.54, 1.807) is 12.1 Å². The van der Waals surface area contributed by atoms with E-state index in [4.69, 9.17) is 19.0 Å². The Morgan fingerprint density at radius 1 is 0.792 bits per heavy atom. The summed E-state index contributed by atoms with van der Waals surface area (Å²) >= 11 is 0. The second-order valence-electron chi connectivity index (χ2n) is 11.4. The number of nitrogens with zero attached hydrogens (tertiary/aromatic N) is 3. The molecule has 8 aromatic rings. The number of benzene rings is 5. The van der Waals surface area contributed by atoms with Crippen LogP contribution in [-0.4, -0.2) is 14.5 Å². The van der Waals surface area contributed by atoms with Gasteiger partial charge in [-0.25, -0.2) is 0 Å². The molecule has 1 radical (unpaired) electrons. The van der Waals surface area contributed by atoms with Gasteiger partial charge in [0.2, 0.25) is 0 Å². The van der Waals surface area contributed by atoms with Crippen molar-refractivity contribution in [3.8, 4) is 39.5 Å². The second-order valence-corrected chi connectivity index (χ2v) is 11.4. The van der Waals surface area contributed by atoms with Crippen LogP contribution in [0.5, 0.6) is 0 Å². The fourth-order valence-corrected chi connectivity index (χ4v) is 5.48. The van der Waals surface area contributed by atoms with Gasteiger partial charge in [-0.3, -0.25) is 4.98 Å². The number of hydrogen-bond acceptors (Lipinski definition) is 3. The number of aryl methyl sites for hydroxylation is 2. The van der Waals surface area contributed by atoms with Crippen LogP contribution < -0.4 is 0 Å². The van der Waals surface area contributed by atoms with E-state index in [1.807, 2.05) is 56.3 Å². The quantitative estimate of drug-likeness (QED) is 0.163. The van der Waals surface area contributed by atoms with Crippen molar-refractivity contribution >= 4 is 22.0 Å². The van der Waals surface area contributed by atoms with Crippen LogP contribution in [0.1, 0.15) is 46.0 Å². The zero-order valence-electron chi connectivity index (χ0n) is 33.3. The van der Waals surface area contributed by atoms with Gasteiger partial charge in [-0.15, -0.1) is 35.4 Å². The third-order valence-corrected chi connectivity index (χ3v) is 7.96. The Balaban J connectivity index is 0.000000211. The van der Waals surface area contributed by atoms with Crippen LogP contribution in [0.15, 0.2) is 138 Å². The molecule has 239 valence electrons. The van der Waals surface area contributed by atoms with Gasteiger partial charge >= 0.3 is 0 Å². The second kappa shape index (κ2) is 14.4. The summed E-state index contributed by atoms with van der Waals surface area (Å²) in [5, 5.41) is 0.912. The van der Waals surface area contributed by atoms with Crippen molar-refractivity contribution in [3.05, 3.63) is 163 Å². The number of aromatic nitrogens is 3. The summed E-state index contributed by atoms with van der Waals surface area (Å²) in [4.78, 5) is 9.05. The Labute approximate surface area is 305 Å². The van der Waals surface area contributed by atoms with Crippen molar-refractivity contribution in [3.63, 3.8) is 0 Å². The van der Waals surface area contributed by atoms with Crippen LogP contribution in [0.2, 0.25) is 0 Å². The van der Waals surface area contributed by atoms with Gasteiger partial charge in [0, 0.05) is 53.4 Å². The molecule has 0 unspecified atom stereocenters. The monoisotopic (exact) mass is 809 g/mol. The Kier molecular flexibility index (Phi) is 7.47. The predicted molar refractivity (Wildman–Crippen MR) is 193 cm³/mol. The Hall–Kier alpha value is -5.09. The van der Waals surface area contributed by atoms with Crippen molar-refractivity contribution in [1.82, 2.24) is 14.5 Å². The van der Waals surface area contributed by atoms with E-state index in [-0.39, 0.29) is 31.2 Å². The van der Waals surface area contributed by atoms with Gasteiger partial charge in [-0.05, 0) is 59.4 Å². The first-order valence-corrected chi connectivity index (χ1v) is 15.2. The van der Waals surface area contributed by atoms with Gasteiger partial charge in [0.15, 0.2) is 0 Å². The molecule has 5 heteroatoms. The molecular formula is C43H35IrN3O-2. The van der Waals surface area contributed by atoms with Crippen molar-refractivity contribution in [2.75, 3.05) is 0 Å². The molecule has 0 fully saturated rings. The maximum Gasteiger partial charge on any atom is 0.0774 e. The summed E-state index contributed by atoms with van der Waals surface area (Å²) in [7, 11) is 0. The zero-order valence-corrected chi connectivity index (χ0v) is 28.7. The number of pyridine rings is 1. The van der Waals surface area contributed by atoms with E-state index in [2.05, 4.69) is 76.5 Å². The molecule has 0 saturated heterocycles. The third-order valence-electron chi connectivity index (χ3n) is 7.96. The van der Waals surface area contributed by atoms with Crippen LogP contribution in [-0.2, 0) is 20.1 Å². The van der Waals surface area contributed by atoms with Crippen LogP contribution >= 0.6 is 0 Å². The SMILES string of the molecule is [2H]C(C)(C)c1ccc2o[c-]c(-c3nc4ccccc4n3-c3ccc(-c4ccccc4)cc3)c2c1.[2H]C([2H])([2H])c1c[c-]c(-c2ccc(C([2H])([2H])[2H])cn2)cc1.[Ir]. The maximum atomic E-state index is 8.47. The van der Waals surface area contributed by atoms with Crippen molar-refractivity contribution in [1.29, 1.82) is 0 Å². The van der Waals surface area contributed by atoms with Gasteiger partial charge < -0.3 is 14.0 Å². The average molecular weight is 809 g/mol. The fraction of sp³-hybridized carbons (Fsp3) is 0.116. The first-order valence-electron chi connectivity index (χ1n) is 18.7. The van der Waals surface area contributed by atoms with Crippen LogP contribution in [0, 0.1) is 26.0 Å². The summed E-state index contributed by atoms with van der Waals surface area (Å²) < 4.78 is 60.1. The molecule has 3 heterocycles. The molecule has 0 N–H and O–H groups in total. The zero-order chi connectivity index (χ0) is 38.3. The largest absolute Gasteiger partial charge is 0.557 e. The van der Waals surface area contributed by atoms with Crippen molar-refractivity contribution in [2.24, 2.45) is 0 Å². The first kappa shape index (κ1) is 25.0. The van der Waals surface area contributed by atoms with E-state index in [0.29, 0.717) is 11.3 Å². The molecule has 0 amide bonds. The summed E-state index contributed by atoms with van der Waals surface area (Å²) in [5.74, 6) is 0.0585. The third kappa shape index (κ3) is 6.80. The Bertz CT molecular complexity index is 2480. The van der Waals surface area contributed by atoms with Gasteiger partial charge in [-0.2, -0.15) is 0 Å². The number of hydrogen-bond donors (Lipinski definition) is 0. The van der Waals surface area contributed by atoms with Crippen LogP contribution in [0.3, 0.4) is 0 Å². The minimum absolute atomic E-state index is 0. The van der Waals surface area contributed by atoms with Gasteiger partial charge in [0.05, 0.1) is 16.9 Å². The van der Waals surface area contributed by atoms with Gasteiger partial charge in [0.25, 0.3) is 0 Å². The maximum absolute atomic E-state index is 8.47. The van der Waals surface area contributed by atoms with E-state index in [1.165, 1.54) is 30.0 Å². The smallest absolute Gasteiger partial charge is 0.0774 e. The fourth-order valence-electron chi connectivity index (χ4n) is 5.48. The molecule has 0 aliphatic carbocycles. The molecule has 0 atom stereocenters.